The van der Waals surface area contributed by atoms with Gasteiger partial charge in [0.15, 0.2) is 0 Å². The summed E-state index contributed by atoms with van der Waals surface area (Å²) in [6.45, 7) is 0. The smallest absolute Gasteiger partial charge is 0.227 e. The van der Waals surface area contributed by atoms with Crippen LogP contribution in [0.3, 0.4) is 0 Å². The normalized spacial score (nSPS) is 11.9. The van der Waals surface area contributed by atoms with Crippen molar-refractivity contribution < 1.29 is 13.3 Å². The lowest BCUT2D eigenvalue weighted by Crippen LogP contribution is -2.10. The second-order valence-corrected chi connectivity index (χ2v) is 17.0. The monoisotopic (exact) mass is 845 g/mol. The molecule has 14 aromatic rings. The quantitative estimate of drug-likeness (QED) is 0.166. The van der Waals surface area contributed by atoms with Gasteiger partial charge in [0.05, 0.1) is 16.5 Å². The van der Waals surface area contributed by atoms with Gasteiger partial charge in [-0.1, -0.05) is 97.1 Å². The molecule has 0 saturated carbocycles. The predicted octanol–water partition coefficient (Wildman–Crippen LogP) is 17.0. The van der Waals surface area contributed by atoms with Gasteiger partial charge in [0.2, 0.25) is 5.71 Å². The van der Waals surface area contributed by atoms with Crippen LogP contribution in [0.2, 0.25) is 0 Å². The SMILES string of the molecule is c1ccc2c(c1)oc1cc(-c3ccc4cc(N(c5ccc(-c6nccc7oc8ncccc8c67)cc5)c5ccc6cc(-c7ccc8c(c7)oc7ccccc78)ccc6c5)ccc4c3)ccc12. The molecule has 5 aromatic heterocycles. The zero-order valence-corrected chi connectivity index (χ0v) is 35.3. The number of anilines is 3. The average Bonchev–Trinajstić information content (AvgIpc) is 4.07. The Kier molecular flexibility index (Phi) is 7.88. The van der Waals surface area contributed by atoms with E-state index in [9.17, 15) is 0 Å². The standard InChI is InChI=1S/C60H35N3O3/c1-3-9-53-48(6-1)50-25-19-43(34-56(50)64-53)37-11-13-41-32-46(23-17-39(41)30-37)63(45-21-15-36(16-22-45)59-58-52-8-5-28-62-60(52)66-55(58)27-29-61-59)47-24-18-40-31-38(12-14-42(40)33-47)44-20-26-51-49-7-2-4-10-54(49)65-57(51)35-44/h1-35H. The van der Waals surface area contributed by atoms with Gasteiger partial charge in [-0.3, -0.25) is 4.98 Å². The summed E-state index contributed by atoms with van der Waals surface area (Å²) in [4.78, 5) is 11.7. The molecule has 0 aliphatic rings. The average molecular weight is 846 g/mol. The fourth-order valence-corrected chi connectivity index (χ4v) is 9.90. The van der Waals surface area contributed by atoms with Crippen molar-refractivity contribution in [3.63, 3.8) is 0 Å². The number of benzene rings is 9. The molecular weight excluding hydrogens is 811 g/mol. The van der Waals surface area contributed by atoms with Crippen LogP contribution in [-0.4, -0.2) is 9.97 Å². The Morgan fingerprint density at radius 3 is 1.41 bits per heavy atom. The second-order valence-electron chi connectivity index (χ2n) is 17.0. The molecule has 0 unspecified atom stereocenters. The molecule has 5 heterocycles. The first kappa shape index (κ1) is 36.5. The van der Waals surface area contributed by atoms with Gasteiger partial charge in [0.25, 0.3) is 0 Å². The summed E-state index contributed by atoms with van der Waals surface area (Å²) >= 11 is 0. The molecule has 0 aliphatic carbocycles. The Balaban J connectivity index is 0.858. The van der Waals surface area contributed by atoms with Gasteiger partial charge in [-0.25, -0.2) is 4.98 Å². The highest BCUT2D eigenvalue weighted by Crippen LogP contribution is 2.42. The fraction of sp³-hybridized carbons (Fsp3) is 0. The lowest BCUT2D eigenvalue weighted by Gasteiger charge is -2.26. The lowest BCUT2D eigenvalue weighted by atomic mass is 9.98. The van der Waals surface area contributed by atoms with E-state index in [1.807, 2.05) is 42.5 Å². The molecule has 0 spiro atoms. The molecule has 14 rings (SSSR count). The number of nitrogens with zero attached hydrogens (tertiary/aromatic N) is 3. The zero-order chi connectivity index (χ0) is 43.3. The van der Waals surface area contributed by atoms with Gasteiger partial charge in [-0.2, -0.15) is 0 Å². The summed E-state index contributed by atoms with van der Waals surface area (Å²) in [5.74, 6) is 0. The zero-order valence-electron chi connectivity index (χ0n) is 35.3. The van der Waals surface area contributed by atoms with E-state index in [1.54, 1.807) is 12.4 Å². The molecule has 6 nitrogen and oxygen atoms in total. The number of para-hydroxylation sites is 2. The topological polar surface area (TPSA) is 68.4 Å². The summed E-state index contributed by atoms with van der Waals surface area (Å²) in [5, 5.41) is 11.0. The van der Waals surface area contributed by atoms with E-state index in [-0.39, 0.29) is 0 Å². The Bertz CT molecular complexity index is 4060. The first-order chi connectivity index (χ1) is 32.6. The highest BCUT2D eigenvalue weighted by Gasteiger charge is 2.18. The minimum atomic E-state index is 0.607. The van der Waals surface area contributed by atoms with Crippen molar-refractivity contribution in [1.29, 1.82) is 0 Å². The Labute approximate surface area is 377 Å². The van der Waals surface area contributed by atoms with E-state index in [0.29, 0.717) is 5.71 Å². The van der Waals surface area contributed by atoms with Gasteiger partial charge < -0.3 is 18.2 Å². The number of fused-ring (bicyclic) bond motifs is 11. The van der Waals surface area contributed by atoms with Gasteiger partial charge in [-0.05, 0) is 147 Å². The van der Waals surface area contributed by atoms with E-state index in [4.69, 9.17) is 18.2 Å². The van der Waals surface area contributed by atoms with Crippen molar-refractivity contribution in [3.8, 4) is 33.5 Å². The minimum absolute atomic E-state index is 0.607. The van der Waals surface area contributed by atoms with Crippen LogP contribution >= 0.6 is 0 Å². The van der Waals surface area contributed by atoms with Crippen molar-refractivity contribution in [1.82, 2.24) is 9.97 Å². The van der Waals surface area contributed by atoms with E-state index < -0.39 is 0 Å². The van der Waals surface area contributed by atoms with Crippen LogP contribution in [0.1, 0.15) is 0 Å². The van der Waals surface area contributed by atoms with Crippen LogP contribution in [-0.2, 0) is 0 Å². The van der Waals surface area contributed by atoms with Crippen LogP contribution in [0.25, 0.3) is 121 Å². The molecule has 0 atom stereocenters. The molecule has 9 aromatic carbocycles. The van der Waals surface area contributed by atoms with Crippen LogP contribution in [0.15, 0.2) is 226 Å². The van der Waals surface area contributed by atoms with Gasteiger partial charge >= 0.3 is 0 Å². The molecule has 0 aliphatic heterocycles. The van der Waals surface area contributed by atoms with Crippen molar-refractivity contribution in [2.24, 2.45) is 0 Å². The summed E-state index contributed by atoms with van der Waals surface area (Å²) in [7, 11) is 0. The number of furan rings is 3. The number of aromatic nitrogens is 2. The first-order valence-corrected chi connectivity index (χ1v) is 22.1. The van der Waals surface area contributed by atoms with E-state index >= 15 is 0 Å². The number of hydrogen-bond donors (Lipinski definition) is 0. The molecular formula is C60H35N3O3. The molecule has 66 heavy (non-hydrogen) atoms. The summed E-state index contributed by atoms with van der Waals surface area (Å²) in [6.07, 6.45) is 3.56. The van der Waals surface area contributed by atoms with Crippen molar-refractivity contribution in [3.05, 3.63) is 213 Å². The number of rotatable bonds is 6. The molecule has 308 valence electrons. The summed E-state index contributed by atoms with van der Waals surface area (Å²) < 4.78 is 18.6. The third-order valence-corrected chi connectivity index (χ3v) is 13.1. The highest BCUT2D eigenvalue weighted by molar-refractivity contribution is 6.11. The molecule has 0 radical (unpaired) electrons. The van der Waals surface area contributed by atoms with Gasteiger partial charge in [0.1, 0.15) is 27.9 Å². The van der Waals surface area contributed by atoms with Crippen LogP contribution in [0, 0.1) is 0 Å². The maximum Gasteiger partial charge on any atom is 0.227 e. The lowest BCUT2D eigenvalue weighted by molar-refractivity contribution is 0.654. The van der Waals surface area contributed by atoms with Gasteiger partial charge in [0, 0.05) is 56.6 Å². The van der Waals surface area contributed by atoms with Crippen molar-refractivity contribution in [2.45, 2.75) is 0 Å². The van der Waals surface area contributed by atoms with E-state index in [0.717, 1.165) is 132 Å². The van der Waals surface area contributed by atoms with Crippen molar-refractivity contribution in [2.75, 3.05) is 4.90 Å². The fourth-order valence-electron chi connectivity index (χ4n) is 9.90. The predicted molar refractivity (Wildman–Crippen MR) is 270 cm³/mol. The highest BCUT2D eigenvalue weighted by atomic mass is 16.3. The Morgan fingerprint density at radius 2 is 0.788 bits per heavy atom. The van der Waals surface area contributed by atoms with Crippen LogP contribution in [0.4, 0.5) is 17.1 Å². The van der Waals surface area contributed by atoms with Crippen LogP contribution < -0.4 is 4.90 Å². The first-order valence-electron chi connectivity index (χ1n) is 22.1. The Morgan fingerprint density at radius 1 is 0.303 bits per heavy atom. The second kappa shape index (κ2) is 14.3. The number of pyridine rings is 2. The summed E-state index contributed by atoms with van der Waals surface area (Å²) in [5.41, 5.74) is 14.5. The molecule has 6 heteroatoms. The third kappa shape index (κ3) is 5.82. The molecule has 0 fully saturated rings. The molecule has 0 N–H and O–H groups in total. The molecule has 0 saturated heterocycles. The van der Waals surface area contributed by atoms with E-state index in [1.165, 1.54) is 0 Å². The maximum absolute atomic E-state index is 6.25. The van der Waals surface area contributed by atoms with Gasteiger partial charge in [-0.15, -0.1) is 0 Å². The number of hydrogen-bond acceptors (Lipinski definition) is 6. The third-order valence-electron chi connectivity index (χ3n) is 13.1. The summed E-state index contributed by atoms with van der Waals surface area (Å²) in [6, 6.07) is 70.8. The minimum Gasteiger partial charge on any atom is -0.456 e. The molecule has 0 amide bonds. The maximum atomic E-state index is 6.25. The van der Waals surface area contributed by atoms with E-state index in [2.05, 4.69) is 168 Å². The molecule has 0 bridgehead atoms. The van der Waals surface area contributed by atoms with Crippen molar-refractivity contribution >= 4 is 105 Å². The Hall–Kier alpha value is -9.00. The largest absolute Gasteiger partial charge is 0.456 e. The van der Waals surface area contributed by atoms with Crippen LogP contribution in [0.5, 0.6) is 0 Å².